The zero-order chi connectivity index (χ0) is 13.1. The first-order chi connectivity index (χ1) is 8.58. The molecule has 0 aliphatic carbocycles. The van der Waals surface area contributed by atoms with Crippen LogP contribution < -0.4 is 10.1 Å². The van der Waals surface area contributed by atoms with Crippen molar-refractivity contribution in [3.05, 3.63) is 29.3 Å². The molecular formula is C15H25ClN2O. The Labute approximate surface area is 122 Å². The molecule has 1 heterocycles. The molecule has 3 nitrogen and oxygen atoms in total. The lowest BCUT2D eigenvalue weighted by Crippen LogP contribution is -2.53. The summed E-state index contributed by atoms with van der Waals surface area (Å²) in [5.41, 5.74) is 2.58. The minimum atomic E-state index is 0. The molecule has 1 aromatic carbocycles. The van der Waals surface area contributed by atoms with Crippen LogP contribution in [0.25, 0.3) is 0 Å². The largest absolute Gasteiger partial charge is 0.496 e. The summed E-state index contributed by atoms with van der Waals surface area (Å²) in [6.45, 7) is 9.79. The van der Waals surface area contributed by atoms with Gasteiger partial charge in [-0.2, -0.15) is 0 Å². The van der Waals surface area contributed by atoms with Crippen LogP contribution in [0.5, 0.6) is 5.75 Å². The van der Waals surface area contributed by atoms with Gasteiger partial charge in [-0.25, -0.2) is 0 Å². The molecule has 0 saturated carbocycles. The molecule has 0 bridgehead atoms. The van der Waals surface area contributed by atoms with Crippen LogP contribution in [-0.4, -0.2) is 37.2 Å². The van der Waals surface area contributed by atoms with Gasteiger partial charge in [0.05, 0.1) is 7.11 Å². The highest BCUT2D eigenvalue weighted by molar-refractivity contribution is 5.85. The van der Waals surface area contributed by atoms with Gasteiger partial charge in [0, 0.05) is 37.3 Å². The van der Waals surface area contributed by atoms with Crippen LogP contribution in [0.3, 0.4) is 0 Å². The molecule has 1 aliphatic heterocycles. The van der Waals surface area contributed by atoms with Gasteiger partial charge in [0.25, 0.3) is 0 Å². The lowest BCUT2D eigenvalue weighted by atomic mass is 10.1. The third-order valence-electron chi connectivity index (χ3n) is 3.46. The van der Waals surface area contributed by atoms with Crippen molar-refractivity contribution < 1.29 is 4.74 Å². The molecule has 108 valence electrons. The maximum atomic E-state index is 5.45. The smallest absolute Gasteiger partial charge is 0.123 e. The monoisotopic (exact) mass is 284 g/mol. The molecule has 0 aromatic heterocycles. The van der Waals surface area contributed by atoms with E-state index in [0.29, 0.717) is 12.1 Å². The Hall–Kier alpha value is -0.770. The second-order valence-corrected chi connectivity index (χ2v) is 5.48. The minimum absolute atomic E-state index is 0. The first-order valence-corrected chi connectivity index (χ1v) is 6.70. The van der Waals surface area contributed by atoms with E-state index in [1.165, 1.54) is 11.1 Å². The van der Waals surface area contributed by atoms with Crippen molar-refractivity contribution in [1.82, 2.24) is 10.2 Å². The van der Waals surface area contributed by atoms with Gasteiger partial charge in [-0.15, -0.1) is 12.4 Å². The van der Waals surface area contributed by atoms with Gasteiger partial charge in [-0.05, 0) is 26.8 Å². The van der Waals surface area contributed by atoms with E-state index in [-0.39, 0.29) is 12.4 Å². The Kier molecular flexibility index (Phi) is 6.11. The van der Waals surface area contributed by atoms with Gasteiger partial charge in [-0.1, -0.05) is 17.7 Å². The van der Waals surface area contributed by atoms with Crippen molar-refractivity contribution in [2.24, 2.45) is 0 Å². The quantitative estimate of drug-likeness (QED) is 0.923. The van der Waals surface area contributed by atoms with Crippen LogP contribution in [-0.2, 0) is 6.54 Å². The molecule has 0 spiro atoms. The Morgan fingerprint density at radius 3 is 2.47 bits per heavy atom. The molecule has 1 N–H and O–H groups in total. The van der Waals surface area contributed by atoms with E-state index in [0.717, 1.165) is 25.4 Å². The van der Waals surface area contributed by atoms with Crippen LogP contribution in [0.2, 0.25) is 0 Å². The van der Waals surface area contributed by atoms with E-state index < -0.39 is 0 Å². The van der Waals surface area contributed by atoms with E-state index in [9.17, 15) is 0 Å². The fourth-order valence-electron chi connectivity index (χ4n) is 2.84. The molecule has 4 heteroatoms. The summed E-state index contributed by atoms with van der Waals surface area (Å²) >= 11 is 0. The minimum Gasteiger partial charge on any atom is -0.496 e. The number of halogens is 1. The highest BCUT2D eigenvalue weighted by Gasteiger charge is 2.21. The number of hydrogen-bond acceptors (Lipinski definition) is 3. The average Bonchev–Trinajstić information content (AvgIpc) is 2.27. The Morgan fingerprint density at radius 1 is 1.26 bits per heavy atom. The number of ether oxygens (including phenoxy) is 1. The van der Waals surface area contributed by atoms with E-state index in [1.807, 2.05) is 0 Å². The number of nitrogens with zero attached hydrogens (tertiary/aromatic N) is 1. The van der Waals surface area contributed by atoms with Crippen LogP contribution in [0.1, 0.15) is 25.0 Å². The summed E-state index contributed by atoms with van der Waals surface area (Å²) in [5.74, 6) is 0.999. The maximum Gasteiger partial charge on any atom is 0.123 e. The van der Waals surface area contributed by atoms with Crippen LogP contribution in [0.15, 0.2) is 18.2 Å². The van der Waals surface area contributed by atoms with E-state index in [1.54, 1.807) is 7.11 Å². The highest BCUT2D eigenvalue weighted by Crippen LogP contribution is 2.22. The van der Waals surface area contributed by atoms with Crippen molar-refractivity contribution in [3.63, 3.8) is 0 Å². The molecule has 19 heavy (non-hydrogen) atoms. The Morgan fingerprint density at radius 2 is 1.89 bits per heavy atom. The number of benzene rings is 1. The second-order valence-electron chi connectivity index (χ2n) is 5.48. The normalized spacial score (nSPS) is 23.8. The zero-order valence-electron chi connectivity index (χ0n) is 12.3. The Bertz CT molecular complexity index is 401. The standard InChI is InChI=1S/C15H24N2O.ClH/c1-11-5-6-15(18-4)14(7-11)10-17-8-12(2)16-13(3)9-17;/h5-7,12-13,16H,8-10H2,1-4H3;1H. The summed E-state index contributed by atoms with van der Waals surface area (Å²) in [4.78, 5) is 2.50. The number of hydrogen-bond donors (Lipinski definition) is 1. The van der Waals surface area contributed by atoms with Gasteiger partial charge in [0.1, 0.15) is 5.75 Å². The predicted molar refractivity (Wildman–Crippen MR) is 82.3 cm³/mol. The number of methoxy groups -OCH3 is 1. The molecule has 1 fully saturated rings. The number of aryl methyl sites for hydroxylation is 1. The average molecular weight is 285 g/mol. The first-order valence-electron chi connectivity index (χ1n) is 6.70. The fraction of sp³-hybridized carbons (Fsp3) is 0.600. The first kappa shape index (κ1) is 16.3. The molecule has 1 saturated heterocycles. The van der Waals surface area contributed by atoms with Gasteiger partial charge in [0.2, 0.25) is 0 Å². The van der Waals surface area contributed by atoms with Crippen molar-refractivity contribution in [2.45, 2.75) is 39.4 Å². The topological polar surface area (TPSA) is 24.5 Å². The van der Waals surface area contributed by atoms with Gasteiger partial charge in [-0.3, -0.25) is 4.90 Å². The van der Waals surface area contributed by atoms with E-state index in [4.69, 9.17) is 4.74 Å². The third-order valence-corrected chi connectivity index (χ3v) is 3.46. The Balaban J connectivity index is 0.00000180. The van der Waals surface area contributed by atoms with Crippen LogP contribution in [0.4, 0.5) is 0 Å². The van der Waals surface area contributed by atoms with E-state index in [2.05, 4.69) is 49.2 Å². The summed E-state index contributed by atoms with van der Waals surface area (Å²) in [6.07, 6.45) is 0. The van der Waals surface area contributed by atoms with Gasteiger partial charge >= 0.3 is 0 Å². The molecule has 0 amide bonds. The van der Waals surface area contributed by atoms with Crippen molar-refractivity contribution in [3.8, 4) is 5.75 Å². The zero-order valence-corrected chi connectivity index (χ0v) is 13.1. The number of rotatable bonds is 3. The lowest BCUT2D eigenvalue weighted by molar-refractivity contribution is 0.165. The third kappa shape index (κ3) is 4.37. The SMILES string of the molecule is COc1ccc(C)cc1CN1CC(C)NC(C)C1.Cl. The molecule has 1 aromatic rings. The summed E-state index contributed by atoms with van der Waals surface area (Å²) in [5, 5.41) is 3.56. The second kappa shape index (κ2) is 7.13. The predicted octanol–water partition coefficient (Wildman–Crippen LogP) is 2.61. The summed E-state index contributed by atoms with van der Waals surface area (Å²) in [7, 11) is 1.75. The van der Waals surface area contributed by atoms with Gasteiger partial charge in [0.15, 0.2) is 0 Å². The molecule has 2 rings (SSSR count). The molecule has 2 unspecified atom stereocenters. The van der Waals surface area contributed by atoms with Crippen LogP contribution >= 0.6 is 12.4 Å². The number of nitrogens with one attached hydrogen (secondary N) is 1. The molecule has 2 atom stereocenters. The van der Waals surface area contributed by atoms with E-state index >= 15 is 0 Å². The lowest BCUT2D eigenvalue weighted by Gasteiger charge is -2.36. The molecular weight excluding hydrogens is 260 g/mol. The van der Waals surface area contributed by atoms with Crippen molar-refractivity contribution >= 4 is 12.4 Å². The molecule has 0 radical (unpaired) electrons. The van der Waals surface area contributed by atoms with Crippen LogP contribution in [0, 0.1) is 6.92 Å². The van der Waals surface area contributed by atoms with Crippen molar-refractivity contribution in [1.29, 1.82) is 0 Å². The highest BCUT2D eigenvalue weighted by atomic mass is 35.5. The summed E-state index contributed by atoms with van der Waals surface area (Å²) in [6, 6.07) is 7.52. The summed E-state index contributed by atoms with van der Waals surface area (Å²) < 4.78 is 5.45. The number of piperazine rings is 1. The van der Waals surface area contributed by atoms with Gasteiger partial charge < -0.3 is 10.1 Å². The maximum absolute atomic E-state index is 5.45. The van der Waals surface area contributed by atoms with Crippen molar-refractivity contribution in [2.75, 3.05) is 20.2 Å². The fourth-order valence-corrected chi connectivity index (χ4v) is 2.84. The molecule has 1 aliphatic rings.